The van der Waals surface area contributed by atoms with Crippen molar-refractivity contribution in [1.82, 2.24) is 14.9 Å². The Morgan fingerprint density at radius 2 is 2.14 bits per heavy atom. The largest absolute Gasteiger partial charge is 0.493 e. The summed E-state index contributed by atoms with van der Waals surface area (Å²) in [5, 5.41) is 4.77. The van der Waals surface area contributed by atoms with Crippen molar-refractivity contribution < 1.29 is 14.2 Å². The second kappa shape index (κ2) is 8.82. The third kappa shape index (κ3) is 4.70. The van der Waals surface area contributed by atoms with Crippen molar-refractivity contribution in [2.24, 2.45) is 0 Å². The molecule has 0 spiro atoms. The van der Waals surface area contributed by atoms with E-state index < -0.39 is 0 Å². The fourth-order valence-electron chi connectivity index (χ4n) is 3.29. The molecule has 1 unspecified atom stereocenters. The molecular weight excluding hydrogens is 392 g/mol. The van der Waals surface area contributed by atoms with Crippen LogP contribution in [0.1, 0.15) is 0 Å². The molecule has 0 amide bonds. The SMILES string of the molecule is COc1cc2ncnc(Nc3cccc(Cl)c3)c2cc1OCC1CN(C)CCO1. The van der Waals surface area contributed by atoms with E-state index in [1.807, 2.05) is 36.4 Å². The normalized spacial score (nSPS) is 17.3. The molecule has 1 aliphatic heterocycles. The molecule has 0 aliphatic carbocycles. The van der Waals surface area contributed by atoms with Crippen molar-refractivity contribution in [2.75, 3.05) is 45.8 Å². The number of ether oxygens (including phenoxy) is 3. The number of anilines is 2. The zero-order chi connectivity index (χ0) is 20.2. The molecule has 3 aromatic rings. The van der Waals surface area contributed by atoms with E-state index in [-0.39, 0.29) is 6.10 Å². The predicted octanol–water partition coefficient (Wildman–Crippen LogP) is 3.74. The molecule has 8 heteroatoms. The third-order valence-electron chi connectivity index (χ3n) is 4.77. The van der Waals surface area contributed by atoms with Crippen molar-refractivity contribution in [3.8, 4) is 11.5 Å². The van der Waals surface area contributed by atoms with E-state index in [1.165, 1.54) is 6.33 Å². The highest BCUT2D eigenvalue weighted by atomic mass is 35.5. The van der Waals surface area contributed by atoms with Crippen molar-refractivity contribution in [3.63, 3.8) is 0 Å². The first kappa shape index (κ1) is 19.7. The van der Waals surface area contributed by atoms with Crippen LogP contribution in [0.25, 0.3) is 10.9 Å². The molecule has 7 nitrogen and oxygen atoms in total. The standard InChI is InChI=1S/C21H23ClN4O3/c1-26-6-7-28-16(11-26)12-29-20-9-17-18(10-19(20)27-2)23-13-24-21(17)25-15-5-3-4-14(22)8-15/h3-5,8-10,13,16H,6-7,11-12H2,1-2H3,(H,23,24,25). The van der Waals surface area contributed by atoms with E-state index in [1.54, 1.807) is 7.11 Å². The molecule has 1 saturated heterocycles. The summed E-state index contributed by atoms with van der Waals surface area (Å²) in [5.41, 5.74) is 1.59. The minimum Gasteiger partial charge on any atom is -0.493 e. The van der Waals surface area contributed by atoms with Crippen LogP contribution in [0.4, 0.5) is 11.5 Å². The van der Waals surface area contributed by atoms with Gasteiger partial charge < -0.3 is 24.4 Å². The highest BCUT2D eigenvalue weighted by molar-refractivity contribution is 6.30. The second-order valence-electron chi connectivity index (χ2n) is 6.94. The van der Waals surface area contributed by atoms with Gasteiger partial charge in [-0.15, -0.1) is 0 Å². The summed E-state index contributed by atoms with van der Waals surface area (Å²) in [4.78, 5) is 11.0. The van der Waals surface area contributed by atoms with E-state index in [0.29, 0.717) is 35.6 Å². The van der Waals surface area contributed by atoms with Crippen LogP contribution >= 0.6 is 11.6 Å². The average molecular weight is 415 g/mol. The zero-order valence-corrected chi connectivity index (χ0v) is 17.1. The molecule has 1 fully saturated rings. The Kier molecular flexibility index (Phi) is 5.99. The smallest absolute Gasteiger partial charge is 0.162 e. The molecule has 29 heavy (non-hydrogen) atoms. The van der Waals surface area contributed by atoms with Crippen LogP contribution < -0.4 is 14.8 Å². The number of halogens is 1. The van der Waals surface area contributed by atoms with Gasteiger partial charge in [-0.1, -0.05) is 17.7 Å². The van der Waals surface area contributed by atoms with E-state index in [9.17, 15) is 0 Å². The van der Waals surface area contributed by atoms with E-state index in [2.05, 4.69) is 27.2 Å². The lowest BCUT2D eigenvalue weighted by atomic mass is 10.2. The minimum atomic E-state index is 0.0187. The maximum absolute atomic E-state index is 6.09. The first-order valence-electron chi connectivity index (χ1n) is 9.40. The Balaban J connectivity index is 1.61. The van der Waals surface area contributed by atoms with Crippen LogP contribution in [0.15, 0.2) is 42.7 Å². The summed E-state index contributed by atoms with van der Waals surface area (Å²) in [6, 6.07) is 11.2. The topological polar surface area (TPSA) is 68.7 Å². The summed E-state index contributed by atoms with van der Waals surface area (Å²) in [5.74, 6) is 1.91. The maximum Gasteiger partial charge on any atom is 0.162 e. The molecule has 1 aliphatic rings. The molecule has 4 rings (SSSR count). The van der Waals surface area contributed by atoms with Gasteiger partial charge >= 0.3 is 0 Å². The Morgan fingerprint density at radius 3 is 2.93 bits per heavy atom. The number of likely N-dealkylation sites (N-methyl/N-ethyl adjacent to an activating group) is 1. The Bertz CT molecular complexity index is 1000. The lowest BCUT2D eigenvalue weighted by molar-refractivity contribution is -0.0406. The van der Waals surface area contributed by atoms with Crippen molar-refractivity contribution in [3.05, 3.63) is 47.7 Å². The molecule has 2 heterocycles. The lowest BCUT2D eigenvalue weighted by Crippen LogP contribution is -2.42. The van der Waals surface area contributed by atoms with Gasteiger partial charge in [0.2, 0.25) is 0 Å². The summed E-state index contributed by atoms with van der Waals surface area (Å²) in [6.45, 7) is 2.92. The monoisotopic (exact) mass is 414 g/mol. The molecular formula is C21H23ClN4O3. The van der Waals surface area contributed by atoms with Gasteiger partial charge in [-0.05, 0) is 31.3 Å². The number of hydrogen-bond acceptors (Lipinski definition) is 7. The van der Waals surface area contributed by atoms with Crippen molar-refractivity contribution in [1.29, 1.82) is 0 Å². The number of morpholine rings is 1. The Morgan fingerprint density at radius 1 is 1.24 bits per heavy atom. The highest BCUT2D eigenvalue weighted by Crippen LogP contribution is 2.35. The summed E-state index contributed by atoms with van der Waals surface area (Å²) in [6.07, 6.45) is 1.53. The average Bonchev–Trinajstić information content (AvgIpc) is 2.72. The van der Waals surface area contributed by atoms with Crippen LogP contribution in [-0.4, -0.2) is 61.4 Å². The van der Waals surface area contributed by atoms with Gasteiger partial charge in [0, 0.05) is 35.3 Å². The predicted molar refractivity (Wildman–Crippen MR) is 114 cm³/mol. The number of hydrogen-bond donors (Lipinski definition) is 1. The quantitative estimate of drug-likeness (QED) is 0.658. The lowest BCUT2D eigenvalue weighted by Gasteiger charge is -2.30. The van der Waals surface area contributed by atoms with Crippen LogP contribution in [0.3, 0.4) is 0 Å². The van der Waals surface area contributed by atoms with E-state index >= 15 is 0 Å². The Labute approximate surface area is 174 Å². The Hall–Kier alpha value is -2.61. The first-order valence-corrected chi connectivity index (χ1v) is 9.78. The number of nitrogens with zero attached hydrogens (tertiary/aromatic N) is 3. The third-order valence-corrected chi connectivity index (χ3v) is 5.01. The van der Waals surface area contributed by atoms with Crippen LogP contribution in [0, 0.1) is 0 Å². The number of methoxy groups -OCH3 is 1. The van der Waals surface area contributed by atoms with Gasteiger partial charge in [0.15, 0.2) is 11.5 Å². The van der Waals surface area contributed by atoms with Gasteiger partial charge in [0.1, 0.15) is 24.9 Å². The first-order chi connectivity index (χ1) is 14.1. The number of aromatic nitrogens is 2. The molecule has 152 valence electrons. The molecule has 1 N–H and O–H groups in total. The molecule has 0 bridgehead atoms. The second-order valence-corrected chi connectivity index (χ2v) is 7.38. The zero-order valence-electron chi connectivity index (χ0n) is 16.4. The fraction of sp³-hybridized carbons (Fsp3) is 0.333. The number of benzene rings is 2. The summed E-state index contributed by atoms with van der Waals surface area (Å²) >= 11 is 6.09. The van der Waals surface area contributed by atoms with Gasteiger partial charge in [-0.2, -0.15) is 0 Å². The van der Waals surface area contributed by atoms with Crippen molar-refractivity contribution in [2.45, 2.75) is 6.10 Å². The van der Waals surface area contributed by atoms with Crippen LogP contribution in [0.2, 0.25) is 5.02 Å². The molecule has 0 saturated carbocycles. The number of rotatable bonds is 6. The van der Waals surface area contributed by atoms with Gasteiger partial charge in [0.05, 0.1) is 19.2 Å². The van der Waals surface area contributed by atoms with Crippen LogP contribution in [-0.2, 0) is 4.74 Å². The molecule has 1 atom stereocenters. The van der Waals surface area contributed by atoms with Crippen LogP contribution in [0.5, 0.6) is 11.5 Å². The van der Waals surface area contributed by atoms with Gasteiger partial charge in [-0.25, -0.2) is 9.97 Å². The van der Waals surface area contributed by atoms with Gasteiger partial charge in [-0.3, -0.25) is 0 Å². The molecule has 1 aromatic heterocycles. The number of nitrogens with one attached hydrogen (secondary N) is 1. The minimum absolute atomic E-state index is 0.0187. The van der Waals surface area contributed by atoms with Crippen molar-refractivity contribution >= 4 is 34.0 Å². The van der Waals surface area contributed by atoms with E-state index in [4.69, 9.17) is 25.8 Å². The van der Waals surface area contributed by atoms with Gasteiger partial charge in [0.25, 0.3) is 0 Å². The molecule has 2 aromatic carbocycles. The summed E-state index contributed by atoms with van der Waals surface area (Å²) < 4.78 is 17.4. The maximum atomic E-state index is 6.09. The highest BCUT2D eigenvalue weighted by Gasteiger charge is 2.20. The summed E-state index contributed by atoms with van der Waals surface area (Å²) in [7, 11) is 3.70. The van der Waals surface area contributed by atoms with E-state index in [0.717, 1.165) is 29.7 Å². The number of fused-ring (bicyclic) bond motifs is 1. The fourth-order valence-corrected chi connectivity index (χ4v) is 3.48. The molecule has 0 radical (unpaired) electrons.